The van der Waals surface area contributed by atoms with Crippen LogP contribution in [-0.4, -0.2) is 24.3 Å². The van der Waals surface area contributed by atoms with Gasteiger partial charge in [-0.2, -0.15) is 0 Å². The molecule has 10 heteroatoms. The molecule has 228 valence electrons. The maximum absolute atomic E-state index is 14.2. The van der Waals surface area contributed by atoms with Crippen LogP contribution in [0.2, 0.25) is 5.02 Å². The Morgan fingerprint density at radius 2 is 1.82 bits per heavy atom. The number of thiazole rings is 1. The van der Waals surface area contributed by atoms with Gasteiger partial charge in [0.2, 0.25) is 0 Å². The number of fused-ring (bicyclic) bond motifs is 2. The molecule has 1 aromatic heterocycles. The lowest BCUT2D eigenvalue weighted by molar-refractivity contribution is -0.139. The Kier molecular flexibility index (Phi) is 8.94. The van der Waals surface area contributed by atoms with E-state index in [9.17, 15) is 9.59 Å². The molecule has 0 saturated carbocycles. The van der Waals surface area contributed by atoms with Gasteiger partial charge in [-0.05, 0) is 88.1 Å². The van der Waals surface area contributed by atoms with Gasteiger partial charge < -0.3 is 14.2 Å². The number of carbonyl (C=O) groups is 1. The normalized spacial score (nSPS) is 14.7. The van der Waals surface area contributed by atoms with Crippen LogP contribution in [0.1, 0.15) is 36.6 Å². The van der Waals surface area contributed by atoms with Gasteiger partial charge in [0, 0.05) is 10.6 Å². The van der Waals surface area contributed by atoms with Crippen LogP contribution in [0.25, 0.3) is 16.8 Å². The molecule has 1 aliphatic heterocycles. The molecular weight excluding hydrogens is 676 g/mol. The highest BCUT2D eigenvalue weighted by Gasteiger charge is 2.36. The lowest BCUT2D eigenvalue weighted by atomic mass is 9.90. The van der Waals surface area contributed by atoms with Crippen molar-refractivity contribution >= 4 is 61.7 Å². The van der Waals surface area contributed by atoms with Crippen molar-refractivity contribution in [2.24, 2.45) is 4.99 Å². The smallest absolute Gasteiger partial charge is 0.338 e. The van der Waals surface area contributed by atoms with Gasteiger partial charge in [-0.15, -0.1) is 0 Å². The minimum absolute atomic E-state index is 0.188. The highest BCUT2D eigenvalue weighted by atomic mass is 79.9. The summed E-state index contributed by atoms with van der Waals surface area (Å²) in [6.07, 6.45) is 1.82. The highest BCUT2D eigenvalue weighted by molar-refractivity contribution is 9.10. The van der Waals surface area contributed by atoms with E-state index < -0.39 is 12.0 Å². The number of benzene rings is 4. The van der Waals surface area contributed by atoms with E-state index in [1.807, 2.05) is 84.9 Å². The Morgan fingerprint density at radius 3 is 2.56 bits per heavy atom. The number of hydrogen-bond donors (Lipinski definition) is 0. The molecule has 1 aliphatic rings. The summed E-state index contributed by atoms with van der Waals surface area (Å²) >= 11 is 10.9. The molecule has 4 aromatic carbocycles. The zero-order valence-electron chi connectivity index (χ0n) is 24.7. The maximum Gasteiger partial charge on any atom is 0.338 e. The molecule has 5 aromatic rings. The summed E-state index contributed by atoms with van der Waals surface area (Å²) in [5, 5.41) is 2.49. The van der Waals surface area contributed by atoms with E-state index >= 15 is 0 Å². The second-order valence-electron chi connectivity index (χ2n) is 10.3. The summed E-state index contributed by atoms with van der Waals surface area (Å²) in [6, 6.07) is 24.0. The largest absolute Gasteiger partial charge is 0.496 e. The number of aromatic nitrogens is 1. The number of hydrogen-bond acceptors (Lipinski definition) is 7. The number of rotatable bonds is 8. The Bertz CT molecular complexity index is 2150. The van der Waals surface area contributed by atoms with Gasteiger partial charge in [0.05, 0.1) is 34.0 Å². The van der Waals surface area contributed by atoms with Crippen molar-refractivity contribution in [2.45, 2.75) is 26.5 Å². The number of methoxy groups -OCH3 is 1. The Hall–Kier alpha value is -4.18. The van der Waals surface area contributed by atoms with Crippen molar-refractivity contribution in [3.8, 4) is 11.5 Å². The molecule has 45 heavy (non-hydrogen) atoms. The van der Waals surface area contributed by atoms with Crippen LogP contribution < -0.4 is 24.4 Å². The number of halogens is 2. The second kappa shape index (κ2) is 13.0. The third-order valence-electron chi connectivity index (χ3n) is 7.50. The van der Waals surface area contributed by atoms with Gasteiger partial charge in [0.25, 0.3) is 5.56 Å². The molecule has 0 aliphatic carbocycles. The fraction of sp³-hybridized carbons (Fsp3) is 0.171. The maximum atomic E-state index is 14.2. The van der Waals surface area contributed by atoms with Crippen molar-refractivity contribution in [1.29, 1.82) is 0 Å². The van der Waals surface area contributed by atoms with Crippen molar-refractivity contribution in [3.63, 3.8) is 0 Å². The molecule has 0 fully saturated rings. The van der Waals surface area contributed by atoms with Crippen molar-refractivity contribution in [2.75, 3.05) is 13.7 Å². The van der Waals surface area contributed by atoms with Crippen LogP contribution in [0, 0.1) is 0 Å². The Balaban J connectivity index is 1.45. The van der Waals surface area contributed by atoms with Crippen molar-refractivity contribution < 1.29 is 19.0 Å². The fourth-order valence-electron chi connectivity index (χ4n) is 5.42. The minimum atomic E-state index is -0.807. The van der Waals surface area contributed by atoms with Gasteiger partial charge in [-0.1, -0.05) is 71.5 Å². The van der Waals surface area contributed by atoms with E-state index in [1.54, 1.807) is 25.5 Å². The second-order valence-corrected chi connectivity index (χ2v) is 12.6. The van der Waals surface area contributed by atoms with Gasteiger partial charge in [0.1, 0.15) is 24.1 Å². The van der Waals surface area contributed by atoms with Gasteiger partial charge in [0.15, 0.2) is 4.80 Å². The topological polar surface area (TPSA) is 79.1 Å². The van der Waals surface area contributed by atoms with E-state index in [1.165, 1.54) is 11.3 Å². The van der Waals surface area contributed by atoms with E-state index in [-0.39, 0.29) is 12.2 Å². The number of nitrogens with zero attached hydrogens (tertiary/aromatic N) is 2. The molecule has 6 rings (SSSR count). The third-order valence-corrected chi connectivity index (χ3v) is 9.36. The SMILES string of the molecule is CCOC(=O)C1=C(C)N=c2s/c(=C\c3ccc(OCc4ccc(Cl)cc4)c(Br)c3)c(=O)n2[C@H]1c1c(OC)ccc2ccccc12. The lowest BCUT2D eigenvalue weighted by Gasteiger charge is -2.27. The minimum Gasteiger partial charge on any atom is -0.496 e. The molecule has 0 bridgehead atoms. The molecule has 0 amide bonds. The first-order chi connectivity index (χ1) is 21.8. The Morgan fingerprint density at radius 1 is 1.07 bits per heavy atom. The summed E-state index contributed by atoms with van der Waals surface area (Å²) in [6.45, 7) is 4.09. The molecule has 0 radical (unpaired) electrons. The standard InChI is InChI=1S/C35H28BrClN2O5S/c1-4-43-34(41)30-20(2)38-35-39(32(30)31-25-8-6-5-7-23(25)12-16-28(31)42-3)33(40)29(45-35)18-22-11-15-27(26(36)17-22)44-19-21-9-13-24(37)14-10-21/h5-18,32H,4,19H2,1-3H3/b29-18-/t32-/m1/s1. The zero-order chi connectivity index (χ0) is 31.7. The van der Waals surface area contributed by atoms with Crippen LogP contribution in [-0.2, 0) is 16.1 Å². The van der Waals surface area contributed by atoms with E-state index in [0.717, 1.165) is 26.4 Å². The van der Waals surface area contributed by atoms with Gasteiger partial charge >= 0.3 is 5.97 Å². The number of carbonyl (C=O) groups excluding carboxylic acids is 1. The average molecular weight is 704 g/mol. The molecule has 2 heterocycles. The molecule has 0 N–H and O–H groups in total. The predicted molar refractivity (Wildman–Crippen MR) is 181 cm³/mol. The predicted octanol–water partition coefficient (Wildman–Crippen LogP) is 6.96. The average Bonchev–Trinajstić information content (AvgIpc) is 3.34. The third kappa shape index (κ3) is 6.08. The van der Waals surface area contributed by atoms with Crippen LogP contribution in [0.4, 0.5) is 0 Å². The summed E-state index contributed by atoms with van der Waals surface area (Å²) in [7, 11) is 1.58. The summed E-state index contributed by atoms with van der Waals surface area (Å²) in [5.74, 6) is 0.704. The first-order valence-electron chi connectivity index (χ1n) is 14.2. The fourth-order valence-corrected chi connectivity index (χ4v) is 7.10. The molecule has 1 atom stereocenters. The quantitative estimate of drug-likeness (QED) is 0.164. The summed E-state index contributed by atoms with van der Waals surface area (Å²) in [4.78, 5) is 32.9. The number of esters is 1. The van der Waals surface area contributed by atoms with Crippen LogP contribution in [0.5, 0.6) is 11.5 Å². The van der Waals surface area contributed by atoms with Crippen molar-refractivity contribution in [3.05, 3.63) is 136 Å². The van der Waals surface area contributed by atoms with Crippen LogP contribution in [0.3, 0.4) is 0 Å². The number of allylic oxidation sites excluding steroid dienone is 1. The highest BCUT2D eigenvalue weighted by Crippen LogP contribution is 2.40. The van der Waals surface area contributed by atoms with E-state index in [0.29, 0.717) is 49.3 Å². The summed E-state index contributed by atoms with van der Waals surface area (Å²) < 4.78 is 20.1. The molecule has 0 unspecified atom stereocenters. The van der Waals surface area contributed by atoms with Crippen molar-refractivity contribution in [1.82, 2.24) is 4.57 Å². The van der Waals surface area contributed by atoms with Gasteiger partial charge in [-0.3, -0.25) is 9.36 Å². The monoisotopic (exact) mass is 702 g/mol. The molecule has 0 spiro atoms. The zero-order valence-corrected chi connectivity index (χ0v) is 27.8. The van der Waals surface area contributed by atoms with E-state index in [2.05, 4.69) is 15.9 Å². The van der Waals surface area contributed by atoms with Crippen LogP contribution in [0.15, 0.2) is 104 Å². The van der Waals surface area contributed by atoms with Crippen LogP contribution >= 0.6 is 38.9 Å². The first kappa shape index (κ1) is 30.8. The Labute approximate surface area is 276 Å². The molecule has 7 nitrogen and oxygen atoms in total. The summed E-state index contributed by atoms with van der Waals surface area (Å²) in [5.41, 5.74) is 3.01. The number of ether oxygens (including phenoxy) is 3. The molecular formula is C35H28BrClN2O5S. The van der Waals surface area contributed by atoms with E-state index in [4.69, 9.17) is 30.8 Å². The molecule has 0 saturated heterocycles. The lowest BCUT2D eigenvalue weighted by Crippen LogP contribution is -2.40. The first-order valence-corrected chi connectivity index (χ1v) is 16.2. The van der Waals surface area contributed by atoms with Gasteiger partial charge in [-0.25, -0.2) is 9.79 Å².